The Morgan fingerprint density at radius 2 is 1.96 bits per heavy atom. The molecule has 1 aromatic heterocycles. The summed E-state index contributed by atoms with van der Waals surface area (Å²) in [5, 5.41) is 0. The van der Waals surface area contributed by atoms with E-state index in [0.717, 1.165) is 19.4 Å². The van der Waals surface area contributed by atoms with Crippen LogP contribution in [-0.2, 0) is 16.1 Å². The number of nitrogens with zero attached hydrogens (tertiary/aromatic N) is 2. The molecule has 0 unspecified atom stereocenters. The average Bonchev–Trinajstić information content (AvgIpc) is 3.41. The van der Waals surface area contributed by atoms with Crippen LogP contribution in [0.5, 0.6) is 0 Å². The van der Waals surface area contributed by atoms with Crippen molar-refractivity contribution < 1.29 is 18.7 Å². The Labute approximate surface area is 165 Å². The van der Waals surface area contributed by atoms with E-state index in [1.807, 2.05) is 24.3 Å². The van der Waals surface area contributed by atoms with E-state index < -0.39 is 0 Å². The highest BCUT2D eigenvalue weighted by Gasteiger charge is 2.26. The molecule has 1 saturated heterocycles. The van der Waals surface area contributed by atoms with Gasteiger partial charge in [0.25, 0.3) is 5.91 Å². The predicted molar refractivity (Wildman–Crippen MR) is 106 cm³/mol. The molecule has 0 radical (unpaired) electrons. The first kappa shape index (κ1) is 19.9. The standard InChI is InChI=1S/C22H26N2O4/c1-2-12-23(22(26)18-8-4-3-5-9-18)17-21(25)24(15-19-10-6-13-27-19)16-20-11-7-14-28-20/h2-6,8-10,13,20H,1,7,11-12,14-17H2/t20-/m0/s1. The number of furan rings is 1. The van der Waals surface area contributed by atoms with Crippen LogP contribution in [0.4, 0.5) is 0 Å². The molecule has 0 spiro atoms. The number of carbonyl (C=O) groups is 2. The minimum absolute atomic E-state index is 0.0207. The van der Waals surface area contributed by atoms with Crippen molar-refractivity contribution in [2.45, 2.75) is 25.5 Å². The Balaban J connectivity index is 1.71. The SMILES string of the molecule is C=CCN(CC(=O)N(Cc1ccco1)C[C@@H]1CCCO1)C(=O)c1ccccc1. The van der Waals surface area contributed by atoms with E-state index in [1.54, 1.807) is 35.4 Å². The molecule has 148 valence electrons. The highest BCUT2D eigenvalue weighted by molar-refractivity contribution is 5.96. The molecular formula is C22H26N2O4. The van der Waals surface area contributed by atoms with E-state index in [1.165, 1.54) is 4.90 Å². The van der Waals surface area contributed by atoms with Crippen LogP contribution in [0.3, 0.4) is 0 Å². The molecule has 2 aromatic rings. The summed E-state index contributed by atoms with van der Waals surface area (Å²) in [4.78, 5) is 29.1. The van der Waals surface area contributed by atoms with Gasteiger partial charge in [0.2, 0.25) is 5.91 Å². The highest BCUT2D eigenvalue weighted by atomic mass is 16.5. The molecule has 2 amide bonds. The first-order valence-corrected chi connectivity index (χ1v) is 9.54. The zero-order chi connectivity index (χ0) is 19.8. The third kappa shape index (κ3) is 5.33. The van der Waals surface area contributed by atoms with Crippen LogP contribution < -0.4 is 0 Å². The third-order valence-corrected chi connectivity index (χ3v) is 4.71. The molecule has 28 heavy (non-hydrogen) atoms. The van der Waals surface area contributed by atoms with Crippen molar-refractivity contribution in [3.8, 4) is 0 Å². The Hall–Kier alpha value is -2.86. The Kier molecular flexibility index (Phi) is 7.03. The van der Waals surface area contributed by atoms with Crippen LogP contribution >= 0.6 is 0 Å². The summed E-state index contributed by atoms with van der Waals surface area (Å²) in [6.45, 7) is 5.56. The van der Waals surface area contributed by atoms with Gasteiger partial charge in [0.1, 0.15) is 12.3 Å². The molecule has 1 aliphatic heterocycles. The molecule has 0 saturated carbocycles. The molecule has 3 rings (SSSR count). The van der Waals surface area contributed by atoms with Crippen molar-refractivity contribution in [1.82, 2.24) is 9.80 Å². The minimum atomic E-state index is -0.191. The van der Waals surface area contributed by atoms with E-state index in [4.69, 9.17) is 9.15 Å². The van der Waals surface area contributed by atoms with Crippen molar-refractivity contribution in [2.24, 2.45) is 0 Å². The molecular weight excluding hydrogens is 356 g/mol. The maximum Gasteiger partial charge on any atom is 0.254 e. The zero-order valence-corrected chi connectivity index (χ0v) is 16.0. The van der Waals surface area contributed by atoms with Gasteiger partial charge in [-0.1, -0.05) is 24.3 Å². The summed E-state index contributed by atoms with van der Waals surface area (Å²) in [5.41, 5.74) is 0.550. The van der Waals surface area contributed by atoms with Gasteiger partial charge in [-0.05, 0) is 37.1 Å². The van der Waals surface area contributed by atoms with Gasteiger partial charge < -0.3 is 19.0 Å². The van der Waals surface area contributed by atoms with Crippen molar-refractivity contribution in [3.63, 3.8) is 0 Å². The second-order valence-corrected chi connectivity index (χ2v) is 6.83. The number of hydrogen-bond donors (Lipinski definition) is 0. The first-order chi connectivity index (χ1) is 13.7. The summed E-state index contributed by atoms with van der Waals surface area (Å²) in [5.74, 6) is 0.373. The van der Waals surface area contributed by atoms with Gasteiger partial charge >= 0.3 is 0 Å². The minimum Gasteiger partial charge on any atom is -0.467 e. The van der Waals surface area contributed by atoms with Gasteiger partial charge in [0, 0.05) is 25.3 Å². The fraction of sp³-hybridized carbons (Fsp3) is 0.364. The summed E-state index contributed by atoms with van der Waals surface area (Å²) in [7, 11) is 0. The molecule has 1 atom stereocenters. The average molecular weight is 382 g/mol. The second-order valence-electron chi connectivity index (χ2n) is 6.83. The number of ether oxygens (including phenoxy) is 1. The molecule has 6 heteroatoms. The molecule has 1 aliphatic rings. The van der Waals surface area contributed by atoms with Crippen LogP contribution in [0.15, 0.2) is 65.8 Å². The molecule has 1 fully saturated rings. The van der Waals surface area contributed by atoms with Gasteiger partial charge in [-0.2, -0.15) is 0 Å². The maximum absolute atomic E-state index is 13.1. The molecule has 2 heterocycles. The van der Waals surface area contributed by atoms with Crippen molar-refractivity contribution >= 4 is 11.8 Å². The van der Waals surface area contributed by atoms with Crippen molar-refractivity contribution in [2.75, 3.05) is 26.2 Å². The van der Waals surface area contributed by atoms with E-state index in [-0.39, 0.29) is 24.5 Å². The van der Waals surface area contributed by atoms with E-state index in [0.29, 0.717) is 31.0 Å². The molecule has 0 bridgehead atoms. The Bertz CT molecular complexity index is 767. The Morgan fingerprint density at radius 3 is 2.61 bits per heavy atom. The molecule has 0 N–H and O–H groups in total. The van der Waals surface area contributed by atoms with Gasteiger partial charge in [-0.15, -0.1) is 6.58 Å². The number of rotatable bonds is 9. The van der Waals surface area contributed by atoms with E-state index >= 15 is 0 Å². The molecule has 1 aromatic carbocycles. The Morgan fingerprint density at radius 1 is 1.14 bits per heavy atom. The summed E-state index contributed by atoms with van der Waals surface area (Å²) < 4.78 is 11.1. The quantitative estimate of drug-likeness (QED) is 0.625. The van der Waals surface area contributed by atoms with Gasteiger partial charge in [0.15, 0.2) is 0 Å². The fourth-order valence-electron chi connectivity index (χ4n) is 3.28. The predicted octanol–water partition coefficient (Wildman–Crippen LogP) is 3.12. The smallest absolute Gasteiger partial charge is 0.254 e. The zero-order valence-electron chi connectivity index (χ0n) is 16.0. The number of hydrogen-bond acceptors (Lipinski definition) is 4. The largest absolute Gasteiger partial charge is 0.467 e. The number of benzene rings is 1. The lowest BCUT2D eigenvalue weighted by molar-refractivity contribution is -0.134. The number of carbonyl (C=O) groups excluding carboxylic acids is 2. The van der Waals surface area contributed by atoms with Crippen molar-refractivity contribution in [1.29, 1.82) is 0 Å². The lowest BCUT2D eigenvalue weighted by Gasteiger charge is -2.28. The lowest BCUT2D eigenvalue weighted by Crippen LogP contribution is -2.45. The third-order valence-electron chi connectivity index (χ3n) is 4.71. The van der Waals surface area contributed by atoms with Crippen molar-refractivity contribution in [3.05, 3.63) is 72.7 Å². The topological polar surface area (TPSA) is 63.0 Å². The second kappa shape index (κ2) is 9.90. The van der Waals surface area contributed by atoms with Gasteiger partial charge in [-0.3, -0.25) is 9.59 Å². The lowest BCUT2D eigenvalue weighted by atomic mass is 10.2. The molecule has 0 aliphatic carbocycles. The van der Waals surface area contributed by atoms with Gasteiger partial charge in [-0.25, -0.2) is 0 Å². The van der Waals surface area contributed by atoms with Crippen LogP contribution in [0.25, 0.3) is 0 Å². The van der Waals surface area contributed by atoms with Crippen LogP contribution in [0.1, 0.15) is 29.0 Å². The van der Waals surface area contributed by atoms with Crippen LogP contribution in [0, 0.1) is 0 Å². The normalized spacial score (nSPS) is 15.9. The van der Waals surface area contributed by atoms with Gasteiger partial charge in [0.05, 0.1) is 18.9 Å². The van der Waals surface area contributed by atoms with E-state index in [2.05, 4.69) is 6.58 Å². The summed E-state index contributed by atoms with van der Waals surface area (Å²) in [6, 6.07) is 12.6. The summed E-state index contributed by atoms with van der Waals surface area (Å²) in [6.07, 6.45) is 5.18. The molecule has 6 nitrogen and oxygen atoms in total. The fourth-order valence-corrected chi connectivity index (χ4v) is 3.28. The number of amides is 2. The van der Waals surface area contributed by atoms with E-state index in [9.17, 15) is 9.59 Å². The highest BCUT2D eigenvalue weighted by Crippen LogP contribution is 2.16. The van der Waals surface area contributed by atoms with Crippen LogP contribution in [0.2, 0.25) is 0 Å². The monoisotopic (exact) mass is 382 g/mol. The maximum atomic E-state index is 13.1. The summed E-state index contributed by atoms with van der Waals surface area (Å²) >= 11 is 0. The van der Waals surface area contributed by atoms with Crippen LogP contribution in [-0.4, -0.2) is 54.0 Å². The first-order valence-electron chi connectivity index (χ1n) is 9.54.